The number of aromatic nitrogens is 1. The van der Waals surface area contributed by atoms with Gasteiger partial charge < -0.3 is 9.88 Å². The zero-order chi connectivity index (χ0) is 21.6. The maximum Gasteiger partial charge on any atom is 0.240 e. The summed E-state index contributed by atoms with van der Waals surface area (Å²) < 4.78 is 3.54. The number of hydrogen-bond donors (Lipinski definition) is 2. The fraction of sp³-hybridized carbons (Fsp3) is 0.400. The van der Waals surface area contributed by atoms with E-state index in [-0.39, 0.29) is 11.9 Å². The average molecular weight is 454 g/mol. The van der Waals surface area contributed by atoms with Crippen molar-refractivity contribution in [2.24, 2.45) is 5.92 Å². The number of carbonyl (C=O) groups excluding carboxylic acids is 1. The van der Waals surface area contributed by atoms with Crippen LogP contribution in [-0.2, 0) is 11.2 Å². The standard InChI is InChI=1S/C25H31N3OS2/c1-18-13-16-28(17-14-18)25(29)22(11-10-19-6-3-4-8-23(19)30-2)27-31-24-9-5-7-21-20(24)12-15-26-21/h3-9,12,15,18,22,26-27H,10-11,13-14,16-17H2,1-2H3. The number of hydrogen-bond acceptors (Lipinski definition) is 4. The van der Waals surface area contributed by atoms with Gasteiger partial charge in [-0.25, -0.2) is 4.72 Å². The van der Waals surface area contributed by atoms with Crippen LogP contribution >= 0.6 is 23.7 Å². The van der Waals surface area contributed by atoms with E-state index in [2.05, 4.69) is 76.3 Å². The van der Waals surface area contributed by atoms with Crippen LogP contribution in [0.4, 0.5) is 0 Å². The third kappa shape index (κ3) is 5.48. The van der Waals surface area contributed by atoms with Crippen molar-refractivity contribution in [2.45, 2.75) is 48.4 Å². The van der Waals surface area contributed by atoms with E-state index in [0.717, 1.165) is 49.2 Å². The van der Waals surface area contributed by atoms with Crippen LogP contribution in [0.2, 0.25) is 0 Å². The molecule has 0 radical (unpaired) electrons. The molecule has 4 nitrogen and oxygen atoms in total. The zero-order valence-corrected chi connectivity index (χ0v) is 19.9. The van der Waals surface area contributed by atoms with Crippen molar-refractivity contribution in [1.29, 1.82) is 0 Å². The maximum atomic E-state index is 13.5. The van der Waals surface area contributed by atoms with Crippen LogP contribution in [0.5, 0.6) is 0 Å². The van der Waals surface area contributed by atoms with Crippen LogP contribution in [0.3, 0.4) is 0 Å². The number of likely N-dealkylation sites (tertiary alicyclic amines) is 1. The number of carbonyl (C=O) groups is 1. The molecule has 6 heteroatoms. The second-order valence-corrected chi connectivity index (χ2v) is 10.1. The van der Waals surface area contributed by atoms with Gasteiger partial charge in [-0.2, -0.15) is 0 Å². The molecule has 1 unspecified atom stereocenters. The van der Waals surface area contributed by atoms with Crippen molar-refractivity contribution in [3.8, 4) is 0 Å². The number of aromatic amines is 1. The first-order valence-corrected chi connectivity index (χ1v) is 13.1. The van der Waals surface area contributed by atoms with E-state index >= 15 is 0 Å². The number of thioether (sulfide) groups is 1. The molecule has 2 heterocycles. The monoisotopic (exact) mass is 453 g/mol. The van der Waals surface area contributed by atoms with Gasteiger partial charge in [0.25, 0.3) is 0 Å². The second kappa shape index (κ2) is 10.6. The fourth-order valence-electron chi connectivity index (χ4n) is 4.17. The van der Waals surface area contributed by atoms with E-state index in [4.69, 9.17) is 0 Å². The van der Waals surface area contributed by atoms with Crippen molar-refractivity contribution >= 4 is 40.5 Å². The van der Waals surface area contributed by atoms with Crippen LogP contribution in [0, 0.1) is 5.92 Å². The molecule has 1 saturated heterocycles. The molecule has 1 fully saturated rings. The molecule has 2 aromatic carbocycles. The van der Waals surface area contributed by atoms with E-state index in [1.54, 1.807) is 23.7 Å². The smallest absolute Gasteiger partial charge is 0.240 e. The summed E-state index contributed by atoms with van der Waals surface area (Å²) in [4.78, 5) is 21.2. The number of nitrogens with zero attached hydrogens (tertiary/aromatic N) is 1. The van der Waals surface area contributed by atoms with Crippen LogP contribution in [0.1, 0.15) is 31.7 Å². The van der Waals surface area contributed by atoms with E-state index in [1.807, 2.05) is 6.20 Å². The topological polar surface area (TPSA) is 48.1 Å². The first kappa shape index (κ1) is 22.3. The van der Waals surface area contributed by atoms with E-state index < -0.39 is 0 Å². The van der Waals surface area contributed by atoms with Crippen LogP contribution in [0.25, 0.3) is 10.9 Å². The molecule has 1 aliphatic heterocycles. The van der Waals surface area contributed by atoms with Crippen LogP contribution in [0.15, 0.2) is 64.5 Å². The minimum atomic E-state index is -0.206. The summed E-state index contributed by atoms with van der Waals surface area (Å²) in [6, 6.07) is 16.7. The molecule has 0 bridgehead atoms. The molecule has 0 saturated carbocycles. The lowest BCUT2D eigenvalue weighted by Crippen LogP contribution is -2.47. The summed E-state index contributed by atoms with van der Waals surface area (Å²) in [5.41, 5.74) is 2.44. The number of rotatable bonds is 8. The molecule has 1 aliphatic rings. The Morgan fingerprint density at radius 2 is 1.90 bits per heavy atom. The Morgan fingerprint density at radius 1 is 1.13 bits per heavy atom. The third-order valence-electron chi connectivity index (χ3n) is 6.15. The fourth-order valence-corrected chi connectivity index (χ4v) is 5.74. The van der Waals surface area contributed by atoms with Gasteiger partial charge in [-0.05, 0) is 79.6 Å². The van der Waals surface area contributed by atoms with Crippen LogP contribution < -0.4 is 4.72 Å². The third-order valence-corrected chi connectivity index (χ3v) is 7.97. The lowest BCUT2D eigenvalue weighted by molar-refractivity contribution is -0.134. The predicted octanol–water partition coefficient (Wildman–Crippen LogP) is 5.75. The Bertz CT molecular complexity index is 1010. The molecule has 3 aromatic rings. The summed E-state index contributed by atoms with van der Waals surface area (Å²) >= 11 is 3.35. The van der Waals surface area contributed by atoms with Gasteiger partial charge in [-0.3, -0.25) is 4.79 Å². The Balaban J connectivity index is 1.48. The highest BCUT2D eigenvalue weighted by Gasteiger charge is 2.27. The van der Waals surface area contributed by atoms with Gasteiger partial charge in [-0.15, -0.1) is 11.8 Å². The molecule has 1 amide bonds. The van der Waals surface area contributed by atoms with E-state index in [0.29, 0.717) is 5.92 Å². The average Bonchev–Trinajstić information content (AvgIpc) is 3.29. The summed E-state index contributed by atoms with van der Waals surface area (Å²) in [7, 11) is 0. The second-order valence-electron chi connectivity index (χ2n) is 8.33. The van der Waals surface area contributed by atoms with Crippen molar-refractivity contribution < 1.29 is 4.79 Å². The molecule has 2 N–H and O–H groups in total. The number of fused-ring (bicyclic) bond motifs is 1. The molecule has 1 atom stereocenters. The first-order chi connectivity index (χ1) is 15.2. The quantitative estimate of drug-likeness (QED) is 0.337. The summed E-state index contributed by atoms with van der Waals surface area (Å²) in [5, 5.41) is 1.19. The normalized spacial score (nSPS) is 16.0. The number of H-pyrrole nitrogens is 1. The molecular formula is C25H31N3OS2. The number of amides is 1. The Hall–Kier alpha value is -1.89. The first-order valence-electron chi connectivity index (χ1n) is 11.0. The number of aryl methyl sites for hydroxylation is 1. The van der Waals surface area contributed by atoms with Crippen LogP contribution in [-0.4, -0.2) is 41.2 Å². The van der Waals surface area contributed by atoms with Crippen molar-refractivity contribution in [3.05, 3.63) is 60.3 Å². The van der Waals surface area contributed by atoms with Crippen molar-refractivity contribution in [3.63, 3.8) is 0 Å². The Kier molecular flexibility index (Phi) is 7.64. The molecule has 4 rings (SSSR count). The SMILES string of the molecule is CSc1ccccc1CCC(NSc1cccc2[nH]ccc12)C(=O)N1CCC(C)CC1. The van der Waals surface area contributed by atoms with Gasteiger partial charge >= 0.3 is 0 Å². The lowest BCUT2D eigenvalue weighted by Gasteiger charge is -2.33. The summed E-state index contributed by atoms with van der Waals surface area (Å²) in [6.07, 6.45) is 7.96. The number of benzene rings is 2. The number of nitrogens with one attached hydrogen (secondary N) is 2. The minimum Gasteiger partial charge on any atom is -0.361 e. The van der Waals surface area contributed by atoms with Gasteiger partial charge in [0.15, 0.2) is 0 Å². The van der Waals surface area contributed by atoms with Gasteiger partial charge in [-0.1, -0.05) is 31.2 Å². The summed E-state index contributed by atoms with van der Waals surface area (Å²) in [5.74, 6) is 0.951. The van der Waals surface area contributed by atoms with Gasteiger partial charge in [0.2, 0.25) is 5.91 Å². The molecular weight excluding hydrogens is 422 g/mol. The van der Waals surface area contributed by atoms with Gasteiger partial charge in [0.1, 0.15) is 0 Å². The highest BCUT2D eigenvalue weighted by molar-refractivity contribution is 7.98. The molecule has 0 spiro atoms. The zero-order valence-electron chi connectivity index (χ0n) is 18.3. The van der Waals surface area contributed by atoms with Gasteiger partial charge in [0.05, 0.1) is 6.04 Å². The Morgan fingerprint density at radius 3 is 2.71 bits per heavy atom. The molecule has 164 valence electrons. The highest BCUT2D eigenvalue weighted by atomic mass is 32.2. The highest BCUT2D eigenvalue weighted by Crippen LogP contribution is 2.28. The van der Waals surface area contributed by atoms with E-state index in [9.17, 15) is 4.79 Å². The lowest BCUT2D eigenvalue weighted by atomic mass is 9.98. The van der Waals surface area contributed by atoms with Crippen molar-refractivity contribution in [1.82, 2.24) is 14.6 Å². The largest absolute Gasteiger partial charge is 0.361 e. The Labute approximate surface area is 193 Å². The van der Waals surface area contributed by atoms with Gasteiger partial charge in [0, 0.05) is 40.0 Å². The maximum absolute atomic E-state index is 13.5. The molecule has 31 heavy (non-hydrogen) atoms. The predicted molar refractivity (Wildman–Crippen MR) is 133 cm³/mol. The number of piperidine rings is 1. The summed E-state index contributed by atoms with van der Waals surface area (Å²) in [6.45, 7) is 4.03. The minimum absolute atomic E-state index is 0.206. The molecule has 0 aliphatic carbocycles. The van der Waals surface area contributed by atoms with E-state index in [1.165, 1.54) is 15.8 Å². The molecule has 1 aromatic heterocycles. The van der Waals surface area contributed by atoms with Crippen molar-refractivity contribution in [2.75, 3.05) is 19.3 Å².